The highest BCUT2D eigenvalue weighted by molar-refractivity contribution is 5.91. The van der Waals surface area contributed by atoms with E-state index in [0.29, 0.717) is 5.92 Å². The number of nitrogens with zero attached hydrogens (tertiary/aromatic N) is 2. The lowest BCUT2D eigenvalue weighted by molar-refractivity contribution is 0.663. The second kappa shape index (κ2) is 7.30. The van der Waals surface area contributed by atoms with Crippen LogP contribution in [-0.2, 0) is 7.05 Å². The zero-order valence-electron chi connectivity index (χ0n) is 16.4. The Morgan fingerprint density at radius 3 is 2.52 bits per heavy atom. The predicted octanol–water partition coefficient (Wildman–Crippen LogP) is 4.34. The van der Waals surface area contributed by atoms with Crippen LogP contribution in [0.5, 0.6) is 0 Å². The van der Waals surface area contributed by atoms with Gasteiger partial charge in [-0.2, -0.15) is 0 Å². The summed E-state index contributed by atoms with van der Waals surface area (Å²) in [6, 6.07) is 20.7. The molecule has 4 nitrogen and oxygen atoms in total. The van der Waals surface area contributed by atoms with Gasteiger partial charge in [0, 0.05) is 37.6 Å². The van der Waals surface area contributed by atoms with Gasteiger partial charge in [-0.1, -0.05) is 36.4 Å². The molecule has 0 bridgehead atoms. The molecule has 0 amide bonds. The van der Waals surface area contributed by atoms with Crippen LogP contribution in [0, 0.1) is 0 Å². The number of rotatable bonds is 3. The van der Waals surface area contributed by atoms with Crippen LogP contribution in [0.25, 0.3) is 33.0 Å². The zero-order valence-corrected chi connectivity index (χ0v) is 16.4. The highest BCUT2D eigenvalue weighted by Gasteiger charge is 2.23. The van der Waals surface area contributed by atoms with Crippen LogP contribution in [0.15, 0.2) is 77.9 Å². The van der Waals surface area contributed by atoms with Crippen LogP contribution in [0.2, 0.25) is 0 Å². The first-order chi connectivity index (χ1) is 14.2. The standard InChI is InChI=1S/C25H23N3O/c1-28-23(21-10-13-27-16-21)15-22(18-8-11-26-12-9-18)24(25(28)29)20-7-6-17-4-2-3-5-19(17)14-20/h2-9,11-12,14-15,21,27H,10,13,16H2,1H3/t21-/m0/s1. The normalized spacial score (nSPS) is 16.4. The second-order valence-electron chi connectivity index (χ2n) is 7.71. The molecule has 5 rings (SSSR count). The Hall–Kier alpha value is -3.24. The second-order valence-corrected chi connectivity index (χ2v) is 7.71. The first-order valence-corrected chi connectivity index (χ1v) is 10.1. The molecule has 1 saturated heterocycles. The number of pyridine rings is 2. The maximum atomic E-state index is 13.6. The molecule has 2 aromatic carbocycles. The molecule has 0 spiro atoms. The molecule has 0 radical (unpaired) electrons. The van der Waals surface area contributed by atoms with Gasteiger partial charge in [0.2, 0.25) is 0 Å². The lowest BCUT2D eigenvalue weighted by Gasteiger charge is -2.19. The van der Waals surface area contributed by atoms with Crippen LogP contribution in [0.4, 0.5) is 0 Å². The third-order valence-corrected chi connectivity index (χ3v) is 5.98. The van der Waals surface area contributed by atoms with Crippen molar-refractivity contribution >= 4 is 10.8 Å². The van der Waals surface area contributed by atoms with Gasteiger partial charge in [0.1, 0.15) is 0 Å². The molecule has 3 heterocycles. The molecule has 0 aliphatic carbocycles. The number of nitrogens with one attached hydrogen (secondary N) is 1. The molecule has 1 fully saturated rings. The number of aromatic nitrogens is 2. The van der Waals surface area contributed by atoms with Gasteiger partial charge in [0.15, 0.2) is 0 Å². The predicted molar refractivity (Wildman–Crippen MR) is 118 cm³/mol. The Morgan fingerprint density at radius 1 is 0.966 bits per heavy atom. The van der Waals surface area contributed by atoms with E-state index in [0.717, 1.165) is 52.8 Å². The third kappa shape index (κ3) is 3.15. The van der Waals surface area contributed by atoms with Gasteiger partial charge < -0.3 is 9.88 Å². The first kappa shape index (κ1) is 17.8. The van der Waals surface area contributed by atoms with Crippen LogP contribution >= 0.6 is 0 Å². The van der Waals surface area contributed by atoms with Crippen molar-refractivity contribution in [2.24, 2.45) is 7.05 Å². The Labute approximate surface area is 169 Å². The fourth-order valence-electron chi connectivity index (χ4n) is 4.40. The van der Waals surface area contributed by atoms with Gasteiger partial charge in [0.25, 0.3) is 5.56 Å². The van der Waals surface area contributed by atoms with Crippen molar-refractivity contribution in [1.29, 1.82) is 0 Å². The lowest BCUT2D eigenvalue weighted by Crippen LogP contribution is -2.25. The van der Waals surface area contributed by atoms with Crippen molar-refractivity contribution in [3.63, 3.8) is 0 Å². The molecule has 0 saturated carbocycles. The van der Waals surface area contributed by atoms with Crippen molar-refractivity contribution in [2.45, 2.75) is 12.3 Å². The van der Waals surface area contributed by atoms with Gasteiger partial charge in [-0.15, -0.1) is 0 Å². The van der Waals surface area contributed by atoms with Gasteiger partial charge in [-0.25, -0.2) is 0 Å². The van der Waals surface area contributed by atoms with Crippen molar-refractivity contribution in [1.82, 2.24) is 14.9 Å². The summed E-state index contributed by atoms with van der Waals surface area (Å²) in [4.78, 5) is 17.8. The number of hydrogen-bond donors (Lipinski definition) is 1. The topological polar surface area (TPSA) is 46.9 Å². The molecule has 1 atom stereocenters. The van der Waals surface area contributed by atoms with E-state index in [1.807, 2.05) is 35.9 Å². The molecule has 1 aliphatic rings. The third-order valence-electron chi connectivity index (χ3n) is 5.98. The Balaban J connectivity index is 1.79. The summed E-state index contributed by atoms with van der Waals surface area (Å²) in [5.74, 6) is 0.360. The van der Waals surface area contributed by atoms with Gasteiger partial charge in [-0.05, 0) is 64.7 Å². The molecule has 1 aliphatic heterocycles. The van der Waals surface area contributed by atoms with Crippen molar-refractivity contribution in [2.75, 3.05) is 13.1 Å². The maximum Gasteiger partial charge on any atom is 0.259 e. The van der Waals surface area contributed by atoms with Crippen molar-refractivity contribution in [3.05, 3.63) is 89.1 Å². The Bertz CT molecular complexity index is 1240. The minimum atomic E-state index is 0.0523. The maximum absolute atomic E-state index is 13.6. The van der Waals surface area contributed by atoms with E-state index in [1.54, 1.807) is 12.4 Å². The molecular formula is C25H23N3O. The smallest absolute Gasteiger partial charge is 0.259 e. The summed E-state index contributed by atoms with van der Waals surface area (Å²) in [6.07, 6.45) is 4.62. The average Bonchev–Trinajstić information content (AvgIpc) is 3.30. The molecule has 4 heteroatoms. The summed E-state index contributed by atoms with van der Waals surface area (Å²) in [5, 5.41) is 5.73. The summed E-state index contributed by atoms with van der Waals surface area (Å²) in [7, 11) is 1.90. The number of hydrogen-bond acceptors (Lipinski definition) is 3. The minimum absolute atomic E-state index is 0.0523. The fourth-order valence-corrected chi connectivity index (χ4v) is 4.40. The molecule has 29 heavy (non-hydrogen) atoms. The van der Waals surface area contributed by atoms with E-state index < -0.39 is 0 Å². The van der Waals surface area contributed by atoms with Crippen LogP contribution in [-0.4, -0.2) is 22.6 Å². The van der Waals surface area contributed by atoms with E-state index in [-0.39, 0.29) is 5.56 Å². The van der Waals surface area contributed by atoms with Crippen LogP contribution in [0.1, 0.15) is 18.0 Å². The fraction of sp³-hybridized carbons (Fsp3) is 0.200. The zero-order chi connectivity index (χ0) is 19.8. The molecular weight excluding hydrogens is 358 g/mol. The minimum Gasteiger partial charge on any atom is -0.316 e. The van der Waals surface area contributed by atoms with Gasteiger partial charge >= 0.3 is 0 Å². The van der Waals surface area contributed by atoms with Crippen molar-refractivity contribution in [3.8, 4) is 22.3 Å². The molecule has 0 unspecified atom stereocenters. The SMILES string of the molecule is Cn1c([C@H]2CCNC2)cc(-c2ccncc2)c(-c2ccc3ccccc3c2)c1=O. The highest BCUT2D eigenvalue weighted by Crippen LogP contribution is 2.34. The molecule has 2 aromatic heterocycles. The van der Waals surface area contributed by atoms with Crippen LogP contribution in [0.3, 0.4) is 0 Å². The molecule has 144 valence electrons. The Morgan fingerprint density at radius 2 is 1.76 bits per heavy atom. The monoisotopic (exact) mass is 381 g/mol. The average molecular weight is 381 g/mol. The first-order valence-electron chi connectivity index (χ1n) is 10.1. The van der Waals surface area contributed by atoms with Gasteiger partial charge in [0.05, 0.1) is 5.56 Å². The largest absolute Gasteiger partial charge is 0.316 e. The summed E-state index contributed by atoms with van der Waals surface area (Å²) < 4.78 is 1.84. The summed E-state index contributed by atoms with van der Waals surface area (Å²) in [5.41, 5.74) is 4.85. The quantitative estimate of drug-likeness (QED) is 0.574. The van der Waals surface area contributed by atoms with E-state index in [4.69, 9.17) is 0 Å². The molecule has 1 N–H and O–H groups in total. The summed E-state index contributed by atoms with van der Waals surface area (Å²) in [6.45, 7) is 1.91. The van der Waals surface area contributed by atoms with Gasteiger partial charge in [-0.3, -0.25) is 9.78 Å². The lowest BCUT2D eigenvalue weighted by atomic mass is 9.92. The molecule has 4 aromatic rings. The van der Waals surface area contributed by atoms with E-state index >= 15 is 0 Å². The van der Waals surface area contributed by atoms with E-state index in [1.165, 1.54) is 5.39 Å². The number of benzene rings is 2. The highest BCUT2D eigenvalue weighted by atomic mass is 16.1. The summed E-state index contributed by atoms with van der Waals surface area (Å²) >= 11 is 0. The Kier molecular flexibility index (Phi) is 4.49. The van der Waals surface area contributed by atoms with Crippen LogP contribution < -0.4 is 10.9 Å². The van der Waals surface area contributed by atoms with Crippen molar-refractivity contribution < 1.29 is 0 Å². The van der Waals surface area contributed by atoms with E-state index in [2.05, 4.69) is 46.7 Å². The number of fused-ring (bicyclic) bond motifs is 1. The van der Waals surface area contributed by atoms with E-state index in [9.17, 15) is 4.79 Å².